The molecule has 3 saturated heterocycles. The molecule has 3 heterocycles. The van der Waals surface area contributed by atoms with Gasteiger partial charge < -0.3 is 15.5 Å². The minimum absolute atomic E-state index is 0.300. The summed E-state index contributed by atoms with van der Waals surface area (Å²) in [6, 6.07) is 1.79. The lowest BCUT2D eigenvalue weighted by Gasteiger charge is -2.34. The lowest BCUT2D eigenvalue weighted by atomic mass is 9.89. The molecule has 0 aromatic heterocycles. The fraction of sp³-hybridized carbons (Fsp3) is 0.944. The zero-order valence-electron chi connectivity index (χ0n) is 14.3. The van der Waals surface area contributed by atoms with Crippen molar-refractivity contribution >= 4 is 5.91 Å². The fourth-order valence-corrected chi connectivity index (χ4v) is 4.67. The van der Waals surface area contributed by atoms with Crippen molar-refractivity contribution in [1.82, 2.24) is 15.5 Å². The number of carbonyl (C=O) groups excluding carboxylic acids is 1. The molecule has 0 aliphatic carbocycles. The van der Waals surface area contributed by atoms with E-state index < -0.39 is 0 Å². The molecule has 2 atom stereocenters. The first kappa shape index (κ1) is 16.3. The maximum Gasteiger partial charge on any atom is 0.220 e. The highest BCUT2D eigenvalue weighted by atomic mass is 16.1. The van der Waals surface area contributed by atoms with Crippen LogP contribution in [0, 0.1) is 11.8 Å². The highest BCUT2D eigenvalue weighted by molar-refractivity contribution is 5.76. The van der Waals surface area contributed by atoms with Gasteiger partial charge in [0.2, 0.25) is 5.91 Å². The maximum atomic E-state index is 12.3. The van der Waals surface area contributed by atoms with Crippen LogP contribution in [0.4, 0.5) is 0 Å². The Bertz CT molecular complexity index is 365. The van der Waals surface area contributed by atoms with Gasteiger partial charge in [-0.3, -0.25) is 4.79 Å². The molecular weight excluding hydrogens is 274 g/mol. The summed E-state index contributed by atoms with van der Waals surface area (Å²) in [5.41, 5.74) is 0. The van der Waals surface area contributed by atoms with Crippen LogP contribution in [0.3, 0.4) is 0 Å². The quantitative estimate of drug-likeness (QED) is 0.818. The minimum Gasteiger partial charge on any atom is -0.353 e. The molecule has 3 aliphatic heterocycles. The molecule has 4 nitrogen and oxygen atoms in total. The molecule has 1 amide bonds. The van der Waals surface area contributed by atoms with E-state index in [1.807, 2.05) is 0 Å². The van der Waals surface area contributed by atoms with Crippen LogP contribution in [0.5, 0.6) is 0 Å². The van der Waals surface area contributed by atoms with Crippen molar-refractivity contribution in [2.24, 2.45) is 11.8 Å². The number of hydrogen-bond donors (Lipinski definition) is 2. The number of piperidine rings is 2. The van der Waals surface area contributed by atoms with Crippen LogP contribution < -0.4 is 10.6 Å². The van der Waals surface area contributed by atoms with Crippen molar-refractivity contribution in [1.29, 1.82) is 0 Å². The first-order valence-electron chi connectivity index (χ1n) is 9.36. The van der Waals surface area contributed by atoms with Gasteiger partial charge in [0.1, 0.15) is 0 Å². The van der Waals surface area contributed by atoms with Gasteiger partial charge in [-0.2, -0.15) is 0 Å². The largest absolute Gasteiger partial charge is 0.353 e. The SMILES string of the molecule is CC(C)CN1CCC(NC(=O)CC2CC3CCC(C2)N3)CC1. The van der Waals surface area contributed by atoms with Gasteiger partial charge in [-0.15, -0.1) is 0 Å². The Morgan fingerprint density at radius 3 is 2.36 bits per heavy atom. The van der Waals surface area contributed by atoms with Gasteiger partial charge in [0, 0.05) is 44.2 Å². The number of nitrogens with zero attached hydrogens (tertiary/aromatic N) is 1. The average molecular weight is 307 g/mol. The average Bonchev–Trinajstić information content (AvgIpc) is 2.79. The van der Waals surface area contributed by atoms with Crippen LogP contribution in [0.15, 0.2) is 0 Å². The molecule has 4 heteroatoms. The van der Waals surface area contributed by atoms with Crippen molar-refractivity contribution in [3.63, 3.8) is 0 Å². The Morgan fingerprint density at radius 1 is 1.14 bits per heavy atom. The molecule has 0 aromatic rings. The van der Waals surface area contributed by atoms with Crippen molar-refractivity contribution in [3.05, 3.63) is 0 Å². The second kappa shape index (κ2) is 7.31. The van der Waals surface area contributed by atoms with E-state index in [0.29, 0.717) is 30.0 Å². The molecular formula is C18H33N3O. The maximum absolute atomic E-state index is 12.3. The van der Waals surface area contributed by atoms with E-state index in [9.17, 15) is 4.79 Å². The van der Waals surface area contributed by atoms with Crippen molar-refractivity contribution in [2.45, 2.75) is 76.9 Å². The van der Waals surface area contributed by atoms with Gasteiger partial charge >= 0.3 is 0 Å². The molecule has 2 unspecified atom stereocenters. The Labute approximate surface area is 135 Å². The van der Waals surface area contributed by atoms with Gasteiger partial charge in [-0.1, -0.05) is 13.8 Å². The molecule has 126 valence electrons. The summed E-state index contributed by atoms with van der Waals surface area (Å²) in [5.74, 6) is 1.65. The van der Waals surface area contributed by atoms with E-state index in [1.165, 1.54) is 32.2 Å². The first-order valence-corrected chi connectivity index (χ1v) is 9.36. The molecule has 0 saturated carbocycles. The standard InChI is InChI=1S/C18H33N3O/c1-13(2)12-21-7-5-15(6-8-21)20-18(22)11-14-9-16-3-4-17(10-14)19-16/h13-17,19H,3-12H2,1-2H3,(H,20,22). The van der Waals surface area contributed by atoms with Gasteiger partial charge in [-0.05, 0) is 50.4 Å². The molecule has 3 aliphatic rings. The van der Waals surface area contributed by atoms with Crippen LogP contribution in [-0.2, 0) is 4.79 Å². The van der Waals surface area contributed by atoms with Gasteiger partial charge in [0.05, 0.1) is 0 Å². The van der Waals surface area contributed by atoms with Crippen LogP contribution >= 0.6 is 0 Å². The van der Waals surface area contributed by atoms with Gasteiger partial charge in [0.15, 0.2) is 0 Å². The zero-order chi connectivity index (χ0) is 15.5. The normalized spacial score (nSPS) is 33.3. The molecule has 2 N–H and O–H groups in total. The fourth-order valence-electron chi connectivity index (χ4n) is 4.67. The van der Waals surface area contributed by atoms with Crippen molar-refractivity contribution in [3.8, 4) is 0 Å². The first-order chi connectivity index (χ1) is 10.6. The van der Waals surface area contributed by atoms with E-state index in [1.54, 1.807) is 0 Å². The van der Waals surface area contributed by atoms with Gasteiger partial charge in [0.25, 0.3) is 0 Å². The number of rotatable bonds is 5. The number of nitrogens with one attached hydrogen (secondary N) is 2. The highest BCUT2D eigenvalue weighted by Crippen LogP contribution is 2.32. The smallest absolute Gasteiger partial charge is 0.220 e. The third-order valence-corrected chi connectivity index (χ3v) is 5.62. The Kier molecular flexibility index (Phi) is 5.40. The van der Waals surface area contributed by atoms with E-state index in [2.05, 4.69) is 29.4 Å². The number of fused-ring (bicyclic) bond motifs is 2. The van der Waals surface area contributed by atoms with E-state index >= 15 is 0 Å². The number of carbonyl (C=O) groups is 1. The summed E-state index contributed by atoms with van der Waals surface area (Å²) in [7, 11) is 0. The summed E-state index contributed by atoms with van der Waals surface area (Å²) >= 11 is 0. The second-order valence-electron chi connectivity index (χ2n) is 8.22. The monoisotopic (exact) mass is 307 g/mol. The predicted molar refractivity (Wildman–Crippen MR) is 89.7 cm³/mol. The Hall–Kier alpha value is -0.610. The van der Waals surface area contributed by atoms with Gasteiger partial charge in [-0.25, -0.2) is 0 Å². The highest BCUT2D eigenvalue weighted by Gasteiger charge is 2.34. The third-order valence-electron chi connectivity index (χ3n) is 5.62. The second-order valence-corrected chi connectivity index (χ2v) is 8.22. The van der Waals surface area contributed by atoms with Crippen LogP contribution in [0.2, 0.25) is 0 Å². The van der Waals surface area contributed by atoms with E-state index in [0.717, 1.165) is 38.3 Å². The molecule has 2 bridgehead atoms. The van der Waals surface area contributed by atoms with Crippen LogP contribution in [0.1, 0.15) is 58.8 Å². The van der Waals surface area contributed by atoms with Crippen molar-refractivity contribution in [2.75, 3.05) is 19.6 Å². The lowest BCUT2D eigenvalue weighted by Crippen LogP contribution is -2.46. The topological polar surface area (TPSA) is 44.4 Å². The Morgan fingerprint density at radius 2 is 1.77 bits per heavy atom. The summed E-state index contributed by atoms with van der Waals surface area (Å²) in [6.45, 7) is 8.03. The molecule has 3 fully saturated rings. The van der Waals surface area contributed by atoms with Crippen LogP contribution in [-0.4, -0.2) is 48.6 Å². The molecule has 0 aromatic carbocycles. The molecule has 3 rings (SSSR count). The van der Waals surface area contributed by atoms with E-state index in [4.69, 9.17) is 0 Å². The summed E-state index contributed by atoms with van der Waals surface area (Å²) in [4.78, 5) is 14.9. The van der Waals surface area contributed by atoms with Crippen LogP contribution in [0.25, 0.3) is 0 Å². The molecule has 0 spiro atoms. The minimum atomic E-state index is 0.300. The van der Waals surface area contributed by atoms with E-state index in [-0.39, 0.29) is 0 Å². The third kappa shape index (κ3) is 4.45. The lowest BCUT2D eigenvalue weighted by molar-refractivity contribution is -0.123. The number of likely N-dealkylation sites (tertiary alicyclic amines) is 1. The number of amides is 1. The molecule has 0 radical (unpaired) electrons. The summed E-state index contributed by atoms with van der Waals surface area (Å²) in [5, 5.41) is 6.96. The summed E-state index contributed by atoms with van der Waals surface area (Å²) in [6.07, 6.45) is 8.04. The Balaban J connectivity index is 1.36. The number of hydrogen-bond acceptors (Lipinski definition) is 3. The zero-order valence-corrected chi connectivity index (χ0v) is 14.3. The molecule has 22 heavy (non-hydrogen) atoms. The predicted octanol–water partition coefficient (Wildman–Crippen LogP) is 2.14. The summed E-state index contributed by atoms with van der Waals surface area (Å²) < 4.78 is 0. The van der Waals surface area contributed by atoms with Crippen molar-refractivity contribution < 1.29 is 4.79 Å².